The Bertz CT molecular complexity index is 687. The third kappa shape index (κ3) is 2.02. The molecule has 0 amide bonds. The lowest BCUT2D eigenvalue weighted by molar-refractivity contribution is 0.0995. The molecule has 2 aromatic heterocycles. The minimum Gasteiger partial charge on any atom is -0.294 e. The van der Waals surface area contributed by atoms with E-state index in [2.05, 4.69) is 9.97 Å². The van der Waals surface area contributed by atoms with Gasteiger partial charge in [-0.15, -0.1) is 11.3 Å². The van der Waals surface area contributed by atoms with Crippen LogP contribution in [0.15, 0.2) is 48.2 Å². The Kier molecular flexibility index (Phi) is 2.86. The number of nitrogens with zero attached hydrogens (tertiary/aromatic N) is 2. The molecule has 0 aliphatic rings. The Morgan fingerprint density at radius 3 is 3.00 bits per heavy atom. The molecule has 0 spiro atoms. The van der Waals surface area contributed by atoms with Gasteiger partial charge in [0.05, 0.1) is 11.0 Å². The fourth-order valence-corrected chi connectivity index (χ4v) is 2.52. The molecule has 0 radical (unpaired) electrons. The van der Waals surface area contributed by atoms with Crippen molar-refractivity contribution >= 4 is 28.0 Å². The lowest BCUT2D eigenvalue weighted by Crippen LogP contribution is -2.03. The molecule has 0 aliphatic carbocycles. The van der Waals surface area contributed by atoms with Crippen LogP contribution in [0.5, 0.6) is 0 Å². The minimum absolute atomic E-state index is 0.109. The molecule has 0 N–H and O–H groups in total. The fraction of sp³-hybridized carbons (Fsp3) is 0.0714. The molecule has 18 heavy (non-hydrogen) atoms. The zero-order valence-corrected chi connectivity index (χ0v) is 10.4. The van der Waals surface area contributed by atoms with Crippen LogP contribution in [0.2, 0.25) is 0 Å². The standard InChI is InChI=1S/C14H10N2OS/c17-14(7-10-8-15-9-18-10)12-3-1-5-13-11(12)4-2-6-16-13/h1-6,8-9H,7H2. The molecule has 0 aliphatic heterocycles. The van der Waals surface area contributed by atoms with Gasteiger partial charge in [-0.2, -0.15) is 0 Å². The number of benzene rings is 1. The van der Waals surface area contributed by atoms with Crippen LogP contribution >= 0.6 is 11.3 Å². The van der Waals surface area contributed by atoms with Crippen LogP contribution in [0.25, 0.3) is 10.9 Å². The average Bonchev–Trinajstić information content (AvgIpc) is 2.91. The van der Waals surface area contributed by atoms with Crippen molar-refractivity contribution in [3.63, 3.8) is 0 Å². The molecule has 0 fully saturated rings. The second kappa shape index (κ2) is 4.66. The van der Waals surface area contributed by atoms with Crippen molar-refractivity contribution in [3.8, 4) is 0 Å². The van der Waals surface area contributed by atoms with Crippen molar-refractivity contribution < 1.29 is 4.79 Å². The van der Waals surface area contributed by atoms with Crippen molar-refractivity contribution in [2.75, 3.05) is 0 Å². The molecular formula is C14H10N2OS. The molecule has 0 saturated carbocycles. The Hall–Kier alpha value is -2.07. The molecular weight excluding hydrogens is 244 g/mol. The van der Waals surface area contributed by atoms with Crippen LogP contribution < -0.4 is 0 Å². The highest BCUT2D eigenvalue weighted by atomic mass is 32.1. The predicted octanol–water partition coefficient (Wildman–Crippen LogP) is 3.12. The summed E-state index contributed by atoms with van der Waals surface area (Å²) < 4.78 is 0. The van der Waals surface area contributed by atoms with Crippen molar-refractivity contribution in [2.45, 2.75) is 6.42 Å². The van der Waals surface area contributed by atoms with Crippen LogP contribution in [-0.4, -0.2) is 15.8 Å². The highest BCUT2D eigenvalue weighted by Crippen LogP contribution is 2.19. The number of hydrogen-bond donors (Lipinski definition) is 0. The number of ketones is 1. The third-order valence-electron chi connectivity index (χ3n) is 2.76. The summed E-state index contributed by atoms with van der Waals surface area (Å²) in [5.41, 5.74) is 3.33. The van der Waals surface area contributed by atoms with E-state index in [0.717, 1.165) is 21.3 Å². The smallest absolute Gasteiger partial charge is 0.168 e. The van der Waals surface area contributed by atoms with E-state index in [0.29, 0.717) is 6.42 Å². The number of fused-ring (bicyclic) bond motifs is 1. The molecule has 88 valence electrons. The lowest BCUT2D eigenvalue weighted by Gasteiger charge is -2.03. The maximum atomic E-state index is 12.3. The number of rotatable bonds is 3. The fourth-order valence-electron chi connectivity index (χ4n) is 1.93. The first-order chi connectivity index (χ1) is 8.84. The van der Waals surface area contributed by atoms with E-state index < -0.39 is 0 Å². The Balaban J connectivity index is 2.01. The van der Waals surface area contributed by atoms with E-state index in [1.807, 2.05) is 30.3 Å². The zero-order valence-electron chi connectivity index (χ0n) is 9.54. The summed E-state index contributed by atoms with van der Waals surface area (Å²) in [6.07, 6.45) is 3.88. The molecule has 0 saturated heterocycles. The normalized spacial score (nSPS) is 10.7. The summed E-state index contributed by atoms with van der Waals surface area (Å²) in [6, 6.07) is 9.43. The maximum absolute atomic E-state index is 12.3. The second-order valence-electron chi connectivity index (χ2n) is 3.94. The monoisotopic (exact) mass is 254 g/mol. The van der Waals surface area contributed by atoms with Gasteiger partial charge >= 0.3 is 0 Å². The summed E-state index contributed by atoms with van der Waals surface area (Å²) >= 11 is 1.50. The topological polar surface area (TPSA) is 42.9 Å². The number of Topliss-reactive ketones (excluding diaryl/α,β-unsaturated/α-hetero) is 1. The molecule has 0 bridgehead atoms. The molecule has 3 rings (SSSR count). The molecule has 0 atom stereocenters. The molecule has 2 heterocycles. The van der Waals surface area contributed by atoms with Gasteiger partial charge in [-0.1, -0.05) is 18.2 Å². The maximum Gasteiger partial charge on any atom is 0.168 e. The summed E-state index contributed by atoms with van der Waals surface area (Å²) in [4.78, 5) is 21.5. The van der Waals surface area contributed by atoms with Crippen molar-refractivity contribution in [1.82, 2.24) is 9.97 Å². The first kappa shape index (κ1) is 11.0. The number of carbonyl (C=O) groups excluding carboxylic acids is 1. The Morgan fingerprint density at radius 1 is 1.22 bits per heavy atom. The number of pyridine rings is 1. The van der Waals surface area contributed by atoms with Gasteiger partial charge in [-0.25, -0.2) is 0 Å². The first-order valence-electron chi connectivity index (χ1n) is 5.59. The molecule has 0 unspecified atom stereocenters. The average molecular weight is 254 g/mol. The van der Waals surface area contributed by atoms with Crippen molar-refractivity contribution in [1.29, 1.82) is 0 Å². The number of aromatic nitrogens is 2. The number of hydrogen-bond acceptors (Lipinski definition) is 4. The number of thiazole rings is 1. The third-order valence-corrected chi connectivity index (χ3v) is 3.54. The molecule has 1 aromatic carbocycles. The van der Waals surface area contributed by atoms with Crippen LogP contribution in [0.3, 0.4) is 0 Å². The van der Waals surface area contributed by atoms with Crippen LogP contribution in [-0.2, 0) is 6.42 Å². The van der Waals surface area contributed by atoms with Crippen LogP contribution in [0.1, 0.15) is 15.2 Å². The largest absolute Gasteiger partial charge is 0.294 e. The van der Waals surface area contributed by atoms with Gasteiger partial charge < -0.3 is 0 Å². The van der Waals surface area contributed by atoms with Crippen molar-refractivity contribution in [3.05, 3.63) is 58.7 Å². The number of carbonyl (C=O) groups is 1. The molecule has 3 nitrogen and oxygen atoms in total. The Labute approximate surface area is 108 Å². The summed E-state index contributed by atoms with van der Waals surface area (Å²) in [7, 11) is 0. The predicted molar refractivity (Wildman–Crippen MR) is 71.9 cm³/mol. The van der Waals surface area contributed by atoms with E-state index in [1.54, 1.807) is 17.9 Å². The van der Waals surface area contributed by atoms with Gasteiger partial charge in [0, 0.05) is 34.6 Å². The summed E-state index contributed by atoms with van der Waals surface area (Å²) in [5.74, 6) is 0.109. The van der Waals surface area contributed by atoms with Gasteiger partial charge in [0.2, 0.25) is 0 Å². The highest BCUT2D eigenvalue weighted by Gasteiger charge is 2.11. The van der Waals surface area contributed by atoms with Gasteiger partial charge in [0.15, 0.2) is 5.78 Å². The second-order valence-corrected chi connectivity index (χ2v) is 4.91. The van der Waals surface area contributed by atoms with Gasteiger partial charge in [-0.05, 0) is 12.1 Å². The Morgan fingerprint density at radius 2 is 2.17 bits per heavy atom. The van der Waals surface area contributed by atoms with Crippen molar-refractivity contribution in [2.24, 2.45) is 0 Å². The molecule has 4 heteroatoms. The van der Waals surface area contributed by atoms with Crippen LogP contribution in [0, 0.1) is 0 Å². The van der Waals surface area contributed by atoms with E-state index >= 15 is 0 Å². The zero-order chi connectivity index (χ0) is 12.4. The quantitative estimate of drug-likeness (QED) is 0.674. The SMILES string of the molecule is O=C(Cc1cncs1)c1cccc2ncccc12. The summed E-state index contributed by atoms with van der Waals surface area (Å²) in [5, 5.41) is 0.912. The summed E-state index contributed by atoms with van der Waals surface area (Å²) in [6.45, 7) is 0. The van der Waals surface area contributed by atoms with E-state index in [9.17, 15) is 4.79 Å². The first-order valence-corrected chi connectivity index (χ1v) is 6.47. The minimum atomic E-state index is 0.109. The van der Waals surface area contributed by atoms with Crippen LogP contribution in [0.4, 0.5) is 0 Å². The highest BCUT2D eigenvalue weighted by molar-refractivity contribution is 7.09. The van der Waals surface area contributed by atoms with E-state index in [-0.39, 0.29) is 5.78 Å². The van der Waals surface area contributed by atoms with Gasteiger partial charge in [0.1, 0.15) is 0 Å². The lowest BCUT2D eigenvalue weighted by atomic mass is 10.0. The van der Waals surface area contributed by atoms with E-state index in [4.69, 9.17) is 0 Å². The molecule has 3 aromatic rings. The van der Waals surface area contributed by atoms with Gasteiger partial charge in [0.25, 0.3) is 0 Å². The van der Waals surface area contributed by atoms with E-state index in [1.165, 1.54) is 11.3 Å². The van der Waals surface area contributed by atoms with Gasteiger partial charge in [-0.3, -0.25) is 14.8 Å².